The molecule has 0 aliphatic carbocycles. The van der Waals surface area contributed by atoms with Crippen molar-refractivity contribution in [2.45, 2.75) is 51.7 Å². The number of rotatable bonds is 4. The summed E-state index contributed by atoms with van der Waals surface area (Å²) < 4.78 is 11.3. The van der Waals surface area contributed by atoms with Crippen molar-refractivity contribution in [3.63, 3.8) is 0 Å². The van der Waals surface area contributed by atoms with Crippen molar-refractivity contribution in [2.75, 3.05) is 31.7 Å². The van der Waals surface area contributed by atoms with Crippen molar-refractivity contribution < 1.29 is 14.3 Å². The molecule has 0 radical (unpaired) electrons. The molecular weight excluding hydrogens is 262 g/mol. The Bertz CT molecular complexity index is 294. The maximum Gasteiger partial charge on any atom is 0.410 e. The van der Waals surface area contributed by atoms with Crippen LogP contribution in [0.25, 0.3) is 0 Å². The number of nitrogens with zero attached hydrogens (tertiary/aromatic N) is 1. The fourth-order valence-electron chi connectivity index (χ4n) is 2.00. The fourth-order valence-corrected chi connectivity index (χ4v) is 2.25. The van der Waals surface area contributed by atoms with Gasteiger partial charge in [-0.25, -0.2) is 4.79 Å². The Labute approximate surface area is 121 Å². The Morgan fingerprint density at radius 1 is 1.32 bits per heavy atom. The summed E-state index contributed by atoms with van der Waals surface area (Å²) in [4.78, 5) is 13.7. The van der Waals surface area contributed by atoms with Crippen LogP contribution in [-0.2, 0) is 9.47 Å². The monoisotopic (exact) mass is 289 g/mol. The van der Waals surface area contributed by atoms with E-state index in [-0.39, 0.29) is 11.7 Å². The van der Waals surface area contributed by atoms with Crippen LogP contribution in [-0.4, -0.2) is 53.9 Å². The van der Waals surface area contributed by atoms with Crippen molar-refractivity contribution >= 4 is 17.9 Å². The molecule has 1 rings (SSSR count). The number of thioether (sulfide) groups is 1. The molecule has 1 aliphatic heterocycles. The lowest BCUT2D eigenvalue weighted by molar-refractivity contribution is -0.0666. The second-order valence-corrected chi connectivity index (χ2v) is 7.24. The number of hydrogen-bond donors (Lipinski definition) is 0. The van der Waals surface area contributed by atoms with Crippen molar-refractivity contribution in [1.29, 1.82) is 0 Å². The Hall–Kier alpha value is -0.420. The summed E-state index contributed by atoms with van der Waals surface area (Å²) in [6.07, 6.45) is 3.62. The van der Waals surface area contributed by atoms with Crippen LogP contribution in [0, 0.1) is 0 Å². The van der Waals surface area contributed by atoms with E-state index in [2.05, 4.69) is 13.2 Å². The number of piperidine rings is 1. The highest BCUT2D eigenvalue weighted by atomic mass is 32.2. The average molecular weight is 289 g/mol. The van der Waals surface area contributed by atoms with E-state index in [1.54, 1.807) is 16.7 Å². The molecule has 0 saturated carbocycles. The van der Waals surface area contributed by atoms with E-state index in [1.165, 1.54) is 0 Å². The zero-order valence-corrected chi connectivity index (χ0v) is 13.6. The molecule has 1 fully saturated rings. The predicted octanol–water partition coefficient (Wildman–Crippen LogP) is 3.16. The standard InChI is InChI=1S/C14H27NO3S/c1-13(2,3)18-12(16)15-8-6-14(4,7-9-15)17-10-11-19-5/h6-11H2,1-5H3. The lowest BCUT2D eigenvalue weighted by Crippen LogP contribution is -2.48. The third kappa shape index (κ3) is 6.04. The number of carbonyl (C=O) groups excluding carboxylic acids is 1. The second-order valence-electron chi connectivity index (χ2n) is 6.26. The molecule has 1 amide bonds. The molecule has 0 atom stereocenters. The molecule has 0 aromatic carbocycles. The molecule has 112 valence electrons. The Kier molecular flexibility index (Phi) is 5.99. The molecule has 1 saturated heterocycles. The molecule has 0 bridgehead atoms. The maximum atomic E-state index is 11.9. The molecule has 1 aliphatic rings. The van der Waals surface area contributed by atoms with Gasteiger partial charge in [0.25, 0.3) is 0 Å². The van der Waals surface area contributed by atoms with Crippen molar-refractivity contribution in [3.05, 3.63) is 0 Å². The van der Waals surface area contributed by atoms with Gasteiger partial charge in [0, 0.05) is 18.8 Å². The molecule has 0 aromatic heterocycles. The first-order chi connectivity index (χ1) is 8.76. The van der Waals surface area contributed by atoms with Gasteiger partial charge in [0.2, 0.25) is 0 Å². The summed E-state index contributed by atoms with van der Waals surface area (Å²) in [6.45, 7) is 10.0. The SMILES string of the molecule is CSCCOC1(C)CCN(C(=O)OC(C)(C)C)CC1. The molecule has 0 aromatic rings. The summed E-state index contributed by atoms with van der Waals surface area (Å²) >= 11 is 1.79. The Balaban J connectivity index is 2.37. The molecule has 0 N–H and O–H groups in total. The normalized spacial score (nSPS) is 19.3. The highest BCUT2D eigenvalue weighted by molar-refractivity contribution is 7.98. The van der Waals surface area contributed by atoms with Crippen LogP contribution in [0.5, 0.6) is 0 Å². The van der Waals surface area contributed by atoms with E-state index >= 15 is 0 Å². The average Bonchev–Trinajstić information content (AvgIpc) is 2.27. The van der Waals surface area contributed by atoms with Gasteiger partial charge in [-0.05, 0) is 46.8 Å². The summed E-state index contributed by atoms with van der Waals surface area (Å²) in [7, 11) is 0. The van der Waals surface area contributed by atoms with Crippen LogP contribution in [0.15, 0.2) is 0 Å². The lowest BCUT2D eigenvalue weighted by Gasteiger charge is -2.39. The lowest BCUT2D eigenvalue weighted by atomic mass is 9.93. The third-order valence-electron chi connectivity index (χ3n) is 3.21. The minimum absolute atomic E-state index is 0.0890. The minimum atomic E-state index is -0.424. The second kappa shape index (κ2) is 6.84. The van der Waals surface area contributed by atoms with Crippen molar-refractivity contribution in [2.24, 2.45) is 0 Å². The Morgan fingerprint density at radius 3 is 2.37 bits per heavy atom. The highest BCUT2D eigenvalue weighted by Crippen LogP contribution is 2.26. The number of amides is 1. The zero-order valence-electron chi connectivity index (χ0n) is 12.8. The third-order valence-corrected chi connectivity index (χ3v) is 3.79. The summed E-state index contributed by atoms with van der Waals surface area (Å²) in [5.41, 5.74) is -0.513. The van der Waals surface area contributed by atoms with Gasteiger partial charge in [0.1, 0.15) is 5.60 Å². The van der Waals surface area contributed by atoms with Crippen LogP contribution in [0.2, 0.25) is 0 Å². The Morgan fingerprint density at radius 2 is 1.89 bits per heavy atom. The van der Waals surface area contributed by atoms with Crippen molar-refractivity contribution in [3.8, 4) is 0 Å². The van der Waals surface area contributed by atoms with Crippen LogP contribution in [0.1, 0.15) is 40.5 Å². The number of carbonyl (C=O) groups is 1. The topological polar surface area (TPSA) is 38.8 Å². The van der Waals surface area contributed by atoms with Crippen LogP contribution in [0.3, 0.4) is 0 Å². The van der Waals surface area contributed by atoms with Gasteiger partial charge in [0.05, 0.1) is 12.2 Å². The number of ether oxygens (including phenoxy) is 2. The van der Waals surface area contributed by atoms with Gasteiger partial charge in [0.15, 0.2) is 0 Å². The van der Waals surface area contributed by atoms with Crippen LogP contribution < -0.4 is 0 Å². The van der Waals surface area contributed by atoms with E-state index in [0.717, 1.165) is 25.2 Å². The first-order valence-electron chi connectivity index (χ1n) is 6.87. The van der Waals surface area contributed by atoms with Gasteiger partial charge >= 0.3 is 6.09 Å². The predicted molar refractivity (Wildman–Crippen MR) is 79.8 cm³/mol. The van der Waals surface area contributed by atoms with Gasteiger partial charge in [-0.1, -0.05) is 0 Å². The van der Waals surface area contributed by atoms with Gasteiger partial charge in [-0.2, -0.15) is 11.8 Å². The molecular formula is C14H27NO3S. The quantitative estimate of drug-likeness (QED) is 0.745. The van der Waals surface area contributed by atoms with E-state index in [0.29, 0.717) is 13.1 Å². The fraction of sp³-hybridized carbons (Fsp3) is 0.929. The van der Waals surface area contributed by atoms with Gasteiger partial charge < -0.3 is 14.4 Å². The molecule has 5 heteroatoms. The van der Waals surface area contributed by atoms with Gasteiger partial charge in [-0.15, -0.1) is 0 Å². The summed E-state index contributed by atoms with van der Waals surface area (Å²) in [6, 6.07) is 0. The van der Waals surface area contributed by atoms with Crippen LogP contribution >= 0.6 is 11.8 Å². The molecule has 0 spiro atoms. The first kappa shape index (κ1) is 16.6. The minimum Gasteiger partial charge on any atom is -0.444 e. The molecule has 19 heavy (non-hydrogen) atoms. The maximum absolute atomic E-state index is 11.9. The zero-order chi connectivity index (χ0) is 14.5. The molecule has 4 nitrogen and oxygen atoms in total. The largest absolute Gasteiger partial charge is 0.444 e. The smallest absolute Gasteiger partial charge is 0.410 e. The summed E-state index contributed by atoms with van der Waals surface area (Å²) in [5, 5.41) is 0. The molecule has 1 heterocycles. The number of hydrogen-bond acceptors (Lipinski definition) is 4. The van der Waals surface area contributed by atoms with Crippen molar-refractivity contribution in [1.82, 2.24) is 4.90 Å². The van der Waals surface area contributed by atoms with Gasteiger partial charge in [-0.3, -0.25) is 0 Å². The first-order valence-corrected chi connectivity index (χ1v) is 8.26. The number of likely N-dealkylation sites (tertiary alicyclic amines) is 1. The van der Waals surface area contributed by atoms with E-state index in [9.17, 15) is 4.79 Å². The van der Waals surface area contributed by atoms with E-state index in [1.807, 2.05) is 20.8 Å². The van der Waals surface area contributed by atoms with E-state index in [4.69, 9.17) is 9.47 Å². The van der Waals surface area contributed by atoms with Crippen LogP contribution in [0.4, 0.5) is 4.79 Å². The van der Waals surface area contributed by atoms with E-state index < -0.39 is 5.60 Å². The summed E-state index contributed by atoms with van der Waals surface area (Å²) in [5.74, 6) is 1.02. The highest BCUT2D eigenvalue weighted by Gasteiger charge is 2.34. The molecule has 0 unspecified atom stereocenters.